The molecule has 0 amide bonds. The number of thiazole rings is 1. The molecule has 1 aliphatic rings. The zero-order valence-corrected chi connectivity index (χ0v) is 10.7. The van der Waals surface area contributed by atoms with Gasteiger partial charge in [0.05, 0.1) is 18.1 Å². The number of halogens is 1. The first-order chi connectivity index (χ1) is 8.28. The van der Waals surface area contributed by atoms with Crippen molar-refractivity contribution >= 4 is 22.9 Å². The average Bonchev–Trinajstić information content (AvgIpc) is 2.97. The second kappa shape index (κ2) is 4.31. The van der Waals surface area contributed by atoms with Gasteiger partial charge in [-0.1, -0.05) is 0 Å². The van der Waals surface area contributed by atoms with Crippen molar-refractivity contribution in [2.75, 3.05) is 0 Å². The smallest absolute Gasteiger partial charge is 0.296 e. The van der Waals surface area contributed by atoms with E-state index in [9.17, 15) is 4.79 Å². The lowest BCUT2D eigenvalue weighted by Crippen LogP contribution is -2.23. The van der Waals surface area contributed by atoms with Gasteiger partial charge in [-0.15, -0.1) is 22.9 Å². The predicted molar refractivity (Wildman–Crippen MR) is 67.7 cm³/mol. The summed E-state index contributed by atoms with van der Waals surface area (Å²) in [5.41, 5.74) is 0.941. The molecule has 1 saturated carbocycles. The van der Waals surface area contributed by atoms with Gasteiger partial charge in [0.15, 0.2) is 0 Å². The summed E-state index contributed by atoms with van der Waals surface area (Å²) in [6.45, 7) is 0.542. The van der Waals surface area contributed by atoms with Crippen LogP contribution in [0.2, 0.25) is 0 Å². The lowest BCUT2D eigenvalue weighted by atomic mass is 10.5. The second-order valence-electron chi connectivity index (χ2n) is 4.21. The zero-order chi connectivity index (χ0) is 11.8. The molecule has 6 heteroatoms. The van der Waals surface area contributed by atoms with Crippen molar-refractivity contribution in [2.45, 2.75) is 31.3 Å². The third kappa shape index (κ3) is 2.17. The van der Waals surface area contributed by atoms with E-state index in [1.807, 2.05) is 22.3 Å². The first-order valence-electron chi connectivity index (χ1n) is 5.54. The van der Waals surface area contributed by atoms with E-state index in [2.05, 4.69) is 4.98 Å². The van der Waals surface area contributed by atoms with Crippen LogP contribution in [0.25, 0.3) is 0 Å². The normalized spacial score (nSPS) is 15.4. The van der Waals surface area contributed by atoms with Gasteiger partial charge >= 0.3 is 5.69 Å². The van der Waals surface area contributed by atoms with Crippen LogP contribution in [0.3, 0.4) is 0 Å². The Morgan fingerprint density at radius 2 is 2.29 bits per heavy atom. The molecule has 1 fully saturated rings. The van der Waals surface area contributed by atoms with Gasteiger partial charge in [0, 0.05) is 23.8 Å². The van der Waals surface area contributed by atoms with Gasteiger partial charge < -0.3 is 0 Å². The number of aromatic nitrogens is 3. The maximum Gasteiger partial charge on any atom is 0.328 e. The van der Waals surface area contributed by atoms with Gasteiger partial charge in [-0.05, 0) is 12.8 Å². The van der Waals surface area contributed by atoms with Crippen LogP contribution in [0, 0.1) is 0 Å². The van der Waals surface area contributed by atoms with Crippen LogP contribution in [-0.2, 0) is 12.4 Å². The van der Waals surface area contributed by atoms with Crippen molar-refractivity contribution in [1.29, 1.82) is 0 Å². The molecular weight excluding hydrogens is 258 g/mol. The molecule has 0 atom stereocenters. The highest BCUT2D eigenvalue weighted by atomic mass is 35.5. The molecule has 3 rings (SSSR count). The maximum absolute atomic E-state index is 12.0. The third-order valence-corrected chi connectivity index (χ3v) is 4.01. The van der Waals surface area contributed by atoms with E-state index in [0.717, 1.165) is 23.5 Å². The number of imidazole rings is 1. The fourth-order valence-corrected chi connectivity index (χ4v) is 2.83. The molecule has 2 aromatic rings. The fourth-order valence-electron chi connectivity index (χ4n) is 1.81. The van der Waals surface area contributed by atoms with Crippen molar-refractivity contribution in [3.8, 4) is 0 Å². The summed E-state index contributed by atoms with van der Waals surface area (Å²) in [4.78, 5) is 16.4. The SMILES string of the molecule is O=c1n(Cc2nc(CCl)cs2)ccn1C1CC1. The average molecular weight is 270 g/mol. The standard InChI is InChI=1S/C11H12ClN3OS/c12-5-8-7-17-10(13-8)6-14-3-4-15(11(14)16)9-1-2-9/h3-4,7,9H,1-2,5-6H2. The molecule has 17 heavy (non-hydrogen) atoms. The molecule has 0 saturated heterocycles. The molecule has 0 aliphatic heterocycles. The minimum atomic E-state index is 0.0649. The highest BCUT2D eigenvalue weighted by Crippen LogP contribution is 2.33. The first-order valence-corrected chi connectivity index (χ1v) is 6.96. The molecule has 0 N–H and O–H groups in total. The van der Waals surface area contributed by atoms with Crippen LogP contribution in [0.4, 0.5) is 0 Å². The molecule has 90 valence electrons. The van der Waals surface area contributed by atoms with Crippen molar-refractivity contribution < 1.29 is 0 Å². The van der Waals surface area contributed by atoms with Crippen molar-refractivity contribution in [2.24, 2.45) is 0 Å². The number of alkyl halides is 1. The highest BCUT2D eigenvalue weighted by molar-refractivity contribution is 7.09. The largest absolute Gasteiger partial charge is 0.328 e. The molecule has 1 aliphatic carbocycles. The van der Waals surface area contributed by atoms with Crippen LogP contribution in [0.1, 0.15) is 29.6 Å². The van der Waals surface area contributed by atoms with Crippen LogP contribution in [-0.4, -0.2) is 14.1 Å². The van der Waals surface area contributed by atoms with Crippen molar-refractivity contribution in [3.63, 3.8) is 0 Å². The van der Waals surface area contributed by atoms with Gasteiger partial charge in [-0.3, -0.25) is 9.13 Å². The van der Waals surface area contributed by atoms with E-state index >= 15 is 0 Å². The Labute approximate surface area is 107 Å². The summed E-state index contributed by atoms with van der Waals surface area (Å²) >= 11 is 7.25. The Morgan fingerprint density at radius 3 is 2.94 bits per heavy atom. The van der Waals surface area contributed by atoms with Gasteiger partial charge in [0.1, 0.15) is 5.01 Å². The summed E-state index contributed by atoms with van der Waals surface area (Å²) in [7, 11) is 0. The molecule has 0 aromatic carbocycles. The summed E-state index contributed by atoms with van der Waals surface area (Å²) < 4.78 is 3.52. The van der Waals surface area contributed by atoms with Crippen molar-refractivity contribution in [3.05, 3.63) is 39.0 Å². The molecular formula is C11H12ClN3OS. The highest BCUT2D eigenvalue weighted by Gasteiger charge is 2.25. The number of hydrogen-bond acceptors (Lipinski definition) is 3. The van der Waals surface area contributed by atoms with Crippen LogP contribution >= 0.6 is 22.9 Å². The summed E-state index contributed by atoms with van der Waals surface area (Å²) in [5, 5.41) is 2.86. The number of nitrogens with zero attached hydrogens (tertiary/aromatic N) is 3. The summed E-state index contributed by atoms with van der Waals surface area (Å²) in [5.74, 6) is 0.425. The summed E-state index contributed by atoms with van der Waals surface area (Å²) in [6.07, 6.45) is 5.95. The Morgan fingerprint density at radius 1 is 1.47 bits per heavy atom. The molecule has 2 aromatic heterocycles. The van der Waals surface area contributed by atoms with E-state index in [1.165, 1.54) is 0 Å². The van der Waals surface area contributed by atoms with Gasteiger partial charge in [0.25, 0.3) is 0 Å². The maximum atomic E-state index is 12.0. The molecule has 0 radical (unpaired) electrons. The van der Waals surface area contributed by atoms with Gasteiger partial charge in [-0.2, -0.15) is 0 Å². The second-order valence-corrected chi connectivity index (χ2v) is 5.42. The van der Waals surface area contributed by atoms with Crippen molar-refractivity contribution in [1.82, 2.24) is 14.1 Å². The van der Waals surface area contributed by atoms with E-state index in [4.69, 9.17) is 11.6 Å². The van der Waals surface area contributed by atoms with Crippen LogP contribution < -0.4 is 5.69 Å². The Bertz CT molecular complexity index is 582. The fraction of sp³-hybridized carbons (Fsp3) is 0.455. The lowest BCUT2D eigenvalue weighted by molar-refractivity contribution is 0.654. The number of rotatable bonds is 4. The molecule has 0 spiro atoms. The first kappa shape index (κ1) is 11.0. The van der Waals surface area contributed by atoms with Gasteiger partial charge in [-0.25, -0.2) is 9.78 Å². The Kier molecular flexibility index (Phi) is 2.80. The Hall–Kier alpha value is -1.07. The zero-order valence-electron chi connectivity index (χ0n) is 9.17. The Balaban J connectivity index is 1.82. The van der Waals surface area contributed by atoms with E-state index in [0.29, 0.717) is 18.5 Å². The molecule has 0 unspecified atom stereocenters. The quantitative estimate of drug-likeness (QED) is 0.799. The monoisotopic (exact) mass is 269 g/mol. The van der Waals surface area contributed by atoms with Gasteiger partial charge in [0.2, 0.25) is 0 Å². The number of hydrogen-bond donors (Lipinski definition) is 0. The molecule has 4 nitrogen and oxygen atoms in total. The molecule has 0 bridgehead atoms. The minimum Gasteiger partial charge on any atom is -0.296 e. The third-order valence-electron chi connectivity index (χ3n) is 2.86. The predicted octanol–water partition coefficient (Wildman–Crippen LogP) is 2.23. The van der Waals surface area contributed by atoms with E-state index in [-0.39, 0.29) is 5.69 Å². The van der Waals surface area contributed by atoms with Crippen LogP contribution in [0.15, 0.2) is 22.6 Å². The van der Waals surface area contributed by atoms with E-state index in [1.54, 1.807) is 15.9 Å². The molecule has 2 heterocycles. The lowest BCUT2D eigenvalue weighted by Gasteiger charge is -1.98. The van der Waals surface area contributed by atoms with E-state index < -0.39 is 0 Å². The minimum absolute atomic E-state index is 0.0649. The van der Waals surface area contributed by atoms with Crippen LogP contribution in [0.5, 0.6) is 0 Å². The summed E-state index contributed by atoms with van der Waals surface area (Å²) in [6, 6.07) is 0.429. The topological polar surface area (TPSA) is 39.8 Å².